The van der Waals surface area contributed by atoms with Gasteiger partial charge in [-0.2, -0.15) is 0 Å². The van der Waals surface area contributed by atoms with Crippen molar-refractivity contribution in [2.75, 3.05) is 18.9 Å². The van der Waals surface area contributed by atoms with E-state index in [0.29, 0.717) is 24.4 Å². The number of carbonyl (C=O) groups excluding carboxylic acids is 1. The number of nitrogens with two attached hydrogens (primary N) is 1. The average Bonchev–Trinajstić information content (AvgIpc) is 3.24. The van der Waals surface area contributed by atoms with Gasteiger partial charge in [-0.3, -0.25) is 4.79 Å². The Morgan fingerprint density at radius 1 is 1.30 bits per heavy atom. The molecule has 2 aromatic heterocycles. The molecule has 3 heterocycles. The van der Waals surface area contributed by atoms with Gasteiger partial charge >= 0.3 is 0 Å². The van der Waals surface area contributed by atoms with Gasteiger partial charge in [0.15, 0.2) is 0 Å². The predicted molar refractivity (Wildman–Crippen MR) is 117 cm³/mol. The third kappa shape index (κ3) is 4.07. The van der Waals surface area contributed by atoms with E-state index in [1.807, 2.05) is 36.1 Å². The van der Waals surface area contributed by atoms with Crippen molar-refractivity contribution in [1.82, 2.24) is 19.9 Å². The largest absolute Gasteiger partial charge is 0.396 e. The molecule has 1 amide bonds. The van der Waals surface area contributed by atoms with Crippen molar-refractivity contribution in [2.45, 2.75) is 38.6 Å². The minimum absolute atomic E-state index is 0.0430. The number of nitrogens with zero attached hydrogens (tertiary/aromatic N) is 3. The number of H-pyrrole nitrogens is 1. The fraction of sp³-hybridized carbons (Fsp3) is 0.348. The van der Waals surface area contributed by atoms with Gasteiger partial charge in [0.1, 0.15) is 5.69 Å². The van der Waals surface area contributed by atoms with Gasteiger partial charge in [0.05, 0.1) is 5.69 Å². The third-order valence-corrected chi connectivity index (χ3v) is 5.67. The van der Waals surface area contributed by atoms with Gasteiger partial charge in [0, 0.05) is 42.7 Å². The van der Waals surface area contributed by atoms with Crippen LogP contribution < -0.4 is 5.73 Å². The number of rotatable bonds is 5. The maximum Gasteiger partial charge on any atom is 0.270 e. The highest BCUT2D eigenvalue weighted by molar-refractivity contribution is 5.95. The number of aromatic amines is 1. The third-order valence-electron chi connectivity index (χ3n) is 5.67. The van der Waals surface area contributed by atoms with E-state index < -0.39 is 0 Å². The van der Waals surface area contributed by atoms with Crippen LogP contribution in [0.15, 0.2) is 42.7 Å². The van der Waals surface area contributed by atoms with Crippen molar-refractivity contribution in [1.29, 1.82) is 0 Å². The number of benzene rings is 1. The monoisotopic (exact) mass is 405 g/mol. The van der Waals surface area contributed by atoms with E-state index in [-0.39, 0.29) is 24.5 Å². The van der Waals surface area contributed by atoms with E-state index in [1.54, 1.807) is 12.4 Å². The zero-order valence-electron chi connectivity index (χ0n) is 17.1. The second-order valence-corrected chi connectivity index (χ2v) is 7.82. The number of aryl methyl sites for hydroxylation is 1. The van der Waals surface area contributed by atoms with Crippen molar-refractivity contribution >= 4 is 11.9 Å². The lowest BCUT2D eigenvalue weighted by Gasteiger charge is -2.35. The maximum atomic E-state index is 13.2. The number of aliphatic hydroxyl groups excluding tert-OH is 1. The maximum absolute atomic E-state index is 13.2. The van der Waals surface area contributed by atoms with Gasteiger partial charge in [-0.15, -0.1) is 0 Å². The van der Waals surface area contributed by atoms with Gasteiger partial charge in [-0.1, -0.05) is 29.8 Å². The summed E-state index contributed by atoms with van der Waals surface area (Å²) >= 11 is 0. The SMILES string of the molecule is Cc1cccc(-c2cnc(N)nc2-c2c[nH]c(C(=O)N3CCCCC3CCO)c2)c1. The molecule has 0 saturated carbocycles. The summed E-state index contributed by atoms with van der Waals surface area (Å²) in [4.78, 5) is 26.8. The van der Waals surface area contributed by atoms with Crippen LogP contribution >= 0.6 is 0 Å². The Kier molecular flexibility index (Phi) is 5.81. The molecule has 1 aliphatic heterocycles. The van der Waals surface area contributed by atoms with Crippen molar-refractivity contribution in [3.63, 3.8) is 0 Å². The van der Waals surface area contributed by atoms with Crippen molar-refractivity contribution in [2.24, 2.45) is 0 Å². The summed E-state index contributed by atoms with van der Waals surface area (Å²) in [6.07, 6.45) is 7.13. The molecule has 1 aliphatic rings. The quantitative estimate of drug-likeness (QED) is 0.603. The summed E-state index contributed by atoms with van der Waals surface area (Å²) in [5, 5.41) is 9.35. The second-order valence-electron chi connectivity index (χ2n) is 7.82. The lowest BCUT2D eigenvalue weighted by Crippen LogP contribution is -2.44. The number of amides is 1. The smallest absolute Gasteiger partial charge is 0.270 e. The van der Waals surface area contributed by atoms with Crippen LogP contribution in [0.5, 0.6) is 0 Å². The summed E-state index contributed by atoms with van der Waals surface area (Å²) in [7, 11) is 0. The molecule has 4 N–H and O–H groups in total. The Morgan fingerprint density at radius 2 is 2.17 bits per heavy atom. The van der Waals surface area contributed by atoms with Crippen molar-refractivity contribution in [3.05, 3.63) is 54.0 Å². The van der Waals surface area contributed by atoms with Crippen LogP contribution in [0.25, 0.3) is 22.4 Å². The van der Waals surface area contributed by atoms with Crippen LogP contribution in [-0.4, -0.2) is 50.1 Å². The molecule has 0 radical (unpaired) electrons. The van der Waals surface area contributed by atoms with E-state index in [4.69, 9.17) is 5.73 Å². The van der Waals surface area contributed by atoms with Crippen LogP contribution in [0.3, 0.4) is 0 Å². The summed E-state index contributed by atoms with van der Waals surface area (Å²) < 4.78 is 0. The van der Waals surface area contributed by atoms with Crippen LogP contribution in [0.4, 0.5) is 5.95 Å². The number of hydrogen-bond acceptors (Lipinski definition) is 5. The van der Waals surface area contributed by atoms with Crippen LogP contribution in [0.2, 0.25) is 0 Å². The molecule has 156 valence electrons. The number of aromatic nitrogens is 3. The Labute approximate surface area is 176 Å². The van der Waals surface area contributed by atoms with E-state index >= 15 is 0 Å². The molecule has 1 aromatic carbocycles. The second kappa shape index (κ2) is 8.67. The normalized spacial score (nSPS) is 16.6. The number of nitrogens with one attached hydrogen (secondary N) is 1. The van der Waals surface area contributed by atoms with Crippen molar-refractivity contribution < 1.29 is 9.90 Å². The van der Waals surface area contributed by atoms with E-state index in [9.17, 15) is 9.90 Å². The number of likely N-dealkylation sites (tertiary alicyclic amines) is 1. The highest BCUT2D eigenvalue weighted by Gasteiger charge is 2.28. The molecule has 3 aromatic rings. The fourth-order valence-electron chi connectivity index (χ4n) is 4.17. The topological polar surface area (TPSA) is 108 Å². The summed E-state index contributed by atoms with van der Waals surface area (Å²) in [6, 6.07) is 10.0. The molecule has 30 heavy (non-hydrogen) atoms. The van der Waals surface area contributed by atoms with Crippen LogP contribution in [0, 0.1) is 6.92 Å². The summed E-state index contributed by atoms with van der Waals surface area (Å²) in [5.41, 5.74) is 10.9. The van der Waals surface area contributed by atoms with Gasteiger partial charge < -0.3 is 20.7 Å². The Hall–Kier alpha value is -3.19. The first-order valence-corrected chi connectivity index (χ1v) is 10.4. The van der Waals surface area contributed by atoms with Gasteiger partial charge in [-0.25, -0.2) is 9.97 Å². The Bertz CT molecular complexity index is 1040. The number of piperidine rings is 1. The van der Waals surface area contributed by atoms with E-state index in [2.05, 4.69) is 21.0 Å². The van der Waals surface area contributed by atoms with E-state index in [0.717, 1.165) is 41.5 Å². The minimum atomic E-state index is -0.0430. The van der Waals surface area contributed by atoms with E-state index in [1.165, 1.54) is 0 Å². The molecule has 1 unspecified atom stereocenters. The van der Waals surface area contributed by atoms with Gasteiger partial charge in [-0.05, 0) is 44.2 Å². The first-order chi connectivity index (χ1) is 14.6. The Balaban J connectivity index is 1.67. The van der Waals surface area contributed by atoms with Crippen molar-refractivity contribution in [3.8, 4) is 22.4 Å². The molecule has 0 bridgehead atoms. The molecule has 7 nitrogen and oxygen atoms in total. The summed E-state index contributed by atoms with van der Waals surface area (Å²) in [5.74, 6) is 0.146. The van der Waals surface area contributed by atoms with Crippen LogP contribution in [-0.2, 0) is 0 Å². The highest BCUT2D eigenvalue weighted by atomic mass is 16.3. The fourth-order valence-corrected chi connectivity index (χ4v) is 4.17. The molecular weight excluding hydrogens is 378 g/mol. The number of aliphatic hydroxyl groups is 1. The predicted octanol–water partition coefficient (Wildman–Crippen LogP) is 3.41. The van der Waals surface area contributed by atoms with Crippen LogP contribution in [0.1, 0.15) is 41.7 Å². The first kappa shape index (κ1) is 20.1. The molecule has 1 saturated heterocycles. The van der Waals surface area contributed by atoms with Gasteiger partial charge in [0.2, 0.25) is 5.95 Å². The first-order valence-electron chi connectivity index (χ1n) is 10.4. The molecule has 0 spiro atoms. The minimum Gasteiger partial charge on any atom is -0.396 e. The number of nitrogen functional groups attached to an aromatic ring is 1. The zero-order valence-corrected chi connectivity index (χ0v) is 17.1. The highest BCUT2D eigenvalue weighted by Crippen LogP contribution is 2.32. The molecule has 4 rings (SSSR count). The molecule has 1 atom stereocenters. The number of anilines is 1. The Morgan fingerprint density at radius 3 is 2.97 bits per heavy atom. The average molecular weight is 406 g/mol. The molecular formula is C23H27N5O2. The van der Waals surface area contributed by atoms with Gasteiger partial charge in [0.25, 0.3) is 5.91 Å². The zero-order chi connectivity index (χ0) is 21.1. The standard InChI is InChI=1S/C23H27N5O2/c1-15-5-4-6-16(11-15)19-14-26-23(24)27-21(19)17-12-20(25-13-17)22(30)28-9-3-2-7-18(28)8-10-29/h4-6,11-14,18,25,29H,2-3,7-10H2,1H3,(H2,24,26,27). The lowest BCUT2D eigenvalue weighted by atomic mass is 9.99. The molecule has 1 fully saturated rings. The number of carbonyl (C=O) groups is 1. The summed E-state index contributed by atoms with van der Waals surface area (Å²) in [6.45, 7) is 2.84. The molecule has 7 heteroatoms. The lowest BCUT2D eigenvalue weighted by molar-refractivity contribution is 0.0569. The number of hydrogen-bond donors (Lipinski definition) is 3. The molecule has 0 aliphatic carbocycles.